The zero-order valence-corrected chi connectivity index (χ0v) is 15.1. The highest BCUT2D eigenvalue weighted by Gasteiger charge is 2.21. The van der Waals surface area contributed by atoms with Gasteiger partial charge < -0.3 is 10.1 Å². The molecule has 0 saturated heterocycles. The molecular weight excluding hydrogens is 352 g/mol. The maximum Gasteiger partial charge on any atom is 0.339 e. The van der Waals surface area contributed by atoms with E-state index < -0.39 is 18.0 Å². The Bertz CT molecular complexity index is 988. The number of pyridine rings is 1. The minimum absolute atomic E-state index is 0.380. The van der Waals surface area contributed by atoms with Gasteiger partial charge in [0, 0.05) is 11.1 Å². The quantitative estimate of drug-likeness (QED) is 0.694. The molecule has 1 heterocycles. The highest BCUT2D eigenvalue weighted by molar-refractivity contribution is 6.33. The number of rotatable bonds is 4. The van der Waals surface area contributed by atoms with Crippen molar-refractivity contribution in [3.8, 4) is 0 Å². The molecule has 132 valence electrons. The van der Waals surface area contributed by atoms with Crippen molar-refractivity contribution >= 4 is 40.1 Å². The Morgan fingerprint density at radius 2 is 1.81 bits per heavy atom. The van der Waals surface area contributed by atoms with Crippen LogP contribution in [0, 0.1) is 6.92 Å². The molecule has 0 bridgehead atoms. The van der Waals surface area contributed by atoms with Gasteiger partial charge in [0.05, 0.1) is 21.8 Å². The van der Waals surface area contributed by atoms with Crippen molar-refractivity contribution in [3.63, 3.8) is 0 Å². The van der Waals surface area contributed by atoms with E-state index in [1.54, 1.807) is 43.3 Å². The average molecular weight is 369 g/mol. The summed E-state index contributed by atoms with van der Waals surface area (Å²) in [6.45, 7) is 3.32. The van der Waals surface area contributed by atoms with E-state index in [9.17, 15) is 9.59 Å². The van der Waals surface area contributed by atoms with Gasteiger partial charge in [-0.1, -0.05) is 41.9 Å². The summed E-state index contributed by atoms with van der Waals surface area (Å²) >= 11 is 6.03. The third kappa shape index (κ3) is 3.83. The number of carbonyl (C=O) groups is 2. The number of hydrogen-bond donors (Lipinski definition) is 1. The zero-order valence-electron chi connectivity index (χ0n) is 14.3. The van der Waals surface area contributed by atoms with Crippen molar-refractivity contribution in [3.05, 3.63) is 70.9 Å². The largest absolute Gasteiger partial charge is 0.449 e. The molecule has 26 heavy (non-hydrogen) atoms. The van der Waals surface area contributed by atoms with Crippen LogP contribution in [0.2, 0.25) is 5.02 Å². The second kappa shape index (κ2) is 7.54. The van der Waals surface area contributed by atoms with E-state index >= 15 is 0 Å². The van der Waals surface area contributed by atoms with Gasteiger partial charge in [-0.15, -0.1) is 0 Å². The van der Waals surface area contributed by atoms with Crippen LogP contribution in [-0.4, -0.2) is 23.0 Å². The molecule has 3 aromatic rings. The van der Waals surface area contributed by atoms with Gasteiger partial charge in [0.2, 0.25) is 0 Å². The molecule has 0 aliphatic heterocycles. The number of fused-ring (bicyclic) bond motifs is 1. The first-order valence-electron chi connectivity index (χ1n) is 8.08. The number of aromatic nitrogens is 1. The van der Waals surface area contributed by atoms with E-state index in [1.165, 1.54) is 6.92 Å². The first kappa shape index (κ1) is 17.9. The Morgan fingerprint density at radius 1 is 1.12 bits per heavy atom. The van der Waals surface area contributed by atoms with Crippen LogP contribution in [0.15, 0.2) is 54.6 Å². The molecule has 0 fully saturated rings. The lowest BCUT2D eigenvalue weighted by Crippen LogP contribution is -2.30. The van der Waals surface area contributed by atoms with E-state index in [2.05, 4.69) is 10.3 Å². The van der Waals surface area contributed by atoms with Crippen LogP contribution in [0.5, 0.6) is 0 Å². The summed E-state index contributed by atoms with van der Waals surface area (Å²) in [4.78, 5) is 29.3. The molecule has 6 heteroatoms. The summed E-state index contributed by atoms with van der Waals surface area (Å²) in [6.07, 6.45) is -0.981. The Kier molecular flexibility index (Phi) is 5.19. The predicted molar refractivity (Wildman–Crippen MR) is 101 cm³/mol. The van der Waals surface area contributed by atoms with Gasteiger partial charge >= 0.3 is 5.97 Å². The fourth-order valence-electron chi connectivity index (χ4n) is 2.55. The highest BCUT2D eigenvalue weighted by atomic mass is 35.5. The number of esters is 1. The molecular formula is C20H17ClN2O3. The molecule has 5 nitrogen and oxygen atoms in total. The second-order valence-corrected chi connectivity index (χ2v) is 6.25. The van der Waals surface area contributed by atoms with Crippen molar-refractivity contribution in [2.24, 2.45) is 0 Å². The molecule has 0 spiro atoms. The zero-order chi connectivity index (χ0) is 18.7. The number of carbonyl (C=O) groups excluding carboxylic acids is 2. The summed E-state index contributed by atoms with van der Waals surface area (Å²) in [5.41, 5.74) is 2.24. The van der Waals surface area contributed by atoms with Crippen LogP contribution in [0.4, 0.5) is 5.69 Å². The molecule has 0 radical (unpaired) electrons. The fourth-order valence-corrected chi connectivity index (χ4v) is 2.73. The van der Waals surface area contributed by atoms with Gasteiger partial charge in [0.25, 0.3) is 5.91 Å². The molecule has 0 unspecified atom stereocenters. The average Bonchev–Trinajstić information content (AvgIpc) is 2.62. The van der Waals surface area contributed by atoms with E-state index in [4.69, 9.17) is 16.3 Å². The fraction of sp³-hybridized carbons (Fsp3) is 0.150. The van der Waals surface area contributed by atoms with Crippen molar-refractivity contribution in [2.75, 3.05) is 5.32 Å². The number of para-hydroxylation sites is 2. The summed E-state index contributed by atoms with van der Waals surface area (Å²) in [5.74, 6) is -1.03. The van der Waals surface area contributed by atoms with Crippen molar-refractivity contribution < 1.29 is 14.3 Å². The third-order valence-electron chi connectivity index (χ3n) is 3.85. The molecule has 1 atom stereocenters. The van der Waals surface area contributed by atoms with Gasteiger partial charge in [-0.05, 0) is 38.1 Å². The van der Waals surface area contributed by atoms with Crippen molar-refractivity contribution in [2.45, 2.75) is 20.0 Å². The summed E-state index contributed by atoms with van der Waals surface area (Å²) in [6, 6.07) is 15.8. The number of nitrogens with one attached hydrogen (secondary N) is 1. The summed E-state index contributed by atoms with van der Waals surface area (Å²) < 4.78 is 5.35. The van der Waals surface area contributed by atoms with Crippen LogP contribution in [0.3, 0.4) is 0 Å². The number of amides is 1. The van der Waals surface area contributed by atoms with Crippen molar-refractivity contribution in [1.82, 2.24) is 4.98 Å². The second-order valence-electron chi connectivity index (χ2n) is 5.84. The standard InChI is InChI=1S/C20H17ClN2O3/c1-12-11-15(14-7-3-5-9-17(14)22-12)20(25)26-13(2)19(24)23-18-10-6-4-8-16(18)21/h3-11,13H,1-2H3,(H,23,24)/t13-/m1/s1. The van der Waals surface area contributed by atoms with Gasteiger partial charge in [0.15, 0.2) is 6.10 Å². The molecule has 1 amide bonds. The lowest BCUT2D eigenvalue weighted by Gasteiger charge is -2.15. The lowest BCUT2D eigenvalue weighted by atomic mass is 10.1. The Labute approximate surface area is 156 Å². The Balaban J connectivity index is 1.77. The molecule has 3 rings (SSSR count). The molecule has 0 aliphatic carbocycles. The normalized spacial score (nSPS) is 11.8. The number of aryl methyl sites for hydroxylation is 1. The van der Waals surface area contributed by atoms with Crippen LogP contribution < -0.4 is 5.32 Å². The molecule has 1 N–H and O–H groups in total. The Morgan fingerprint density at radius 3 is 2.58 bits per heavy atom. The SMILES string of the molecule is Cc1cc(C(=O)O[C@H](C)C(=O)Nc2ccccc2Cl)c2ccccc2n1. The van der Waals surface area contributed by atoms with E-state index in [0.717, 1.165) is 0 Å². The first-order valence-corrected chi connectivity index (χ1v) is 8.46. The number of anilines is 1. The Hall–Kier alpha value is -2.92. The third-order valence-corrected chi connectivity index (χ3v) is 4.18. The van der Waals surface area contributed by atoms with Crippen LogP contribution in [-0.2, 0) is 9.53 Å². The van der Waals surface area contributed by atoms with Gasteiger partial charge in [-0.2, -0.15) is 0 Å². The monoisotopic (exact) mass is 368 g/mol. The topological polar surface area (TPSA) is 68.3 Å². The van der Waals surface area contributed by atoms with Crippen LogP contribution in [0.1, 0.15) is 23.0 Å². The predicted octanol–water partition coefficient (Wildman–Crippen LogP) is 4.38. The minimum atomic E-state index is -0.981. The van der Waals surface area contributed by atoms with Gasteiger partial charge in [0.1, 0.15) is 0 Å². The summed E-state index contributed by atoms with van der Waals surface area (Å²) in [5, 5.41) is 3.75. The smallest absolute Gasteiger partial charge is 0.339 e. The minimum Gasteiger partial charge on any atom is -0.449 e. The number of benzene rings is 2. The number of hydrogen-bond acceptors (Lipinski definition) is 4. The number of nitrogens with zero attached hydrogens (tertiary/aromatic N) is 1. The summed E-state index contributed by atoms with van der Waals surface area (Å²) in [7, 11) is 0. The number of halogens is 1. The highest BCUT2D eigenvalue weighted by Crippen LogP contribution is 2.22. The number of ether oxygens (including phenoxy) is 1. The maximum absolute atomic E-state index is 12.6. The van der Waals surface area contributed by atoms with Crippen LogP contribution in [0.25, 0.3) is 10.9 Å². The van der Waals surface area contributed by atoms with Gasteiger partial charge in [-0.3, -0.25) is 9.78 Å². The van der Waals surface area contributed by atoms with E-state index in [-0.39, 0.29) is 0 Å². The van der Waals surface area contributed by atoms with E-state index in [0.29, 0.717) is 32.9 Å². The first-order chi connectivity index (χ1) is 12.5. The molecule has 0 aliphatic rings. The molecule has 0 saturated carbocycles. The maximum atomic E-state index is 12.6. The van der Waals surface area contributed by atoms with E-state index in [1.807, 2.05) is 18.2 Å². The van der Waals surface area contributed by atoms with Gasteiger partial charge in [-0.25, -0.2) is 4.79 Å². The molecule has 1 aromatic heterocycles. The van der Waals surface area contributed by atoms with Crippen LogP contribution >= 0.6 is 11.6 Å². The lowest BCUT2D eigenvalue weighted by molar-refractivity contribution is -0.123. The molecule has 2 aromatic carbocycles. The van der Waals surface area contributed by atoms with Crippen molar-refractivity contribution in [1.29, 1.82) is 0 Å².